The van der Waals surface area contributed by atoms with Crippen molar-refractivity contribution in [3.63, 3.8) is 0 Å². The highest BCUT2D eigenvalue weighted by atomic mass is 16.5. The van der Waals surface area contributed by atoms with Gasteiger partial charge in [-0.25, -0.2) is 0 Å². The highest BCUT2D eigenvalue weighted by Gasteiger charge is 2.24. The smallest absolute Gasteiger partial charge is 0.306 e. The molecule has 1 unspecified atom stereocenters. The van der Waals surface area contributed by atoms with Crippen molar-refractivity contribution >= 4 is 5.97 Å². The van der Waals surface area contributed by atoms with Gasteiger partial charge in [0, 0.05) is 6.42 Å². The SMILES string of the molecule is CCc1ccc(C2CCC(=O)O2)cc1. The Morgan fingerprint density at radius 2 is 2.07 bits per heavy atom. The monoisotopic (exact) mass is 190 g/mol. The molecule has 0 N–H and O–H groups in total. The van der Waals surface area contributed by atoms with Gasteiger partial charge in [-0.1, -0.05) is 31.2 Å². The summed E-state index contributed by atoms with van der Waals surface area (Å²) in [6.07, 6.45) is 2.42. The highest BCUT2D eigenvalue weighted by molar-refractivity contribution is 5.71. The van der Waals surface area contributed by atoms with Gasteiger partial charge >= 0.3 is 5.97 Å². The molecule has 0 spiro atoms. The Kier molecular flexibility index (Phi) is 2.53. The minimum absolute atomic E-state index is 0.00611. The third-order valence-corrected chi connectivity index (χ3v) is 2.64. The van der Waals surface area contributed by atoms with Gasteiger partial charge in [0.25, 0.3) is 0 Å². The molecule has 0 radical (unpaired) electrons. The van der Waals surface area contributed by atoms with Crippen molar-refractivity contribution in [2.24, 2.45) is 0 Å². The molecule has 0 saturated carbocycles. The molecule has 1 atom stereocenters. The van der Waals surface area contributed by atoms with Crippen molar-refractivity contribution in [1.82, 2.24) is 0 Å². The molecule has 1 saturated heterocycles. The van der Waals surface area contributed by atoms with Crippen molar-refractivity contribution in [2.75, 3.05) is 0 Å². The first-order valence-electron chi connectivity index (χ1n) is 5.08. The predicted octanol–water partition coefficient (Wildman–Crippen LogP) is 2.63. The van der Waals surface area contributed by atoms with Crippen molar-refractivity contribution < 1.29 is 9.53 Å². The van der Waals surface area contributed by atoms with Crippen LogP contribution in [0.2, 0.25) is 0 Å². The van der Waals surface area contributed by atoms with Gasteiger partial charge in [-0.05, 0) is 24.0 Å². The van der Waals surface area contributed by atoms with E-state index in [1.54, 1.807) is 0 Å². The van der Waals surface area contributed by atoms with Crippen LogP contribution in [0.25, 0.3) is 0 Å². The fraction of sp³-hybridized carbons (Fsp3) is 0.417. The van der Waals surface area contributed by atoms with Crippen molar-refractivity contribution in [3.05, 3.63) is 35.4 Å². The van der Waals surface area contributed by atoms with Crippen LogP contribution in [0.5, 0.6) is 0 Å². The van der Waals surface area contributed by atoms with Crippen LogP contribution in [-0.4, -0.2) is 5.97 Å². The van der Waals surface area contributed by atoms with Crippen LogP contribution < -0.4 is 0 Å². The number of aryl methyl sites for hydroxylation is 1. The molecule has 1 aromatic rings. The lowest BCUT2D eigenvalue weighted by atomic mass is 10.0. The van der Waals surface area contributed by atoms with E-state index in [1.165, 1.54) is 5.56 Å². The number of esters is 1. The normalized spacial score (nSPS) is 20.9. The van der Waals surface area contributed by atoms with Gasteiger partial charge in [0.05, 0.1) is 0 Å². The zero-order valence-electron chi connectivity index (χ0n) is 8.32. The largest absolute Gasteiger partial charge is 0.457 e. The Hall–Kier alpha value is -1.31. The van der Waals surface area contributed by atoms with E-state index in [0.29, 0.717) is 6.42 Å². The van der Waals surface area contributed by atoms with E-state index in [0.717, 1.165) is 18.4 Å². The van der Waals surface area contributed by atoms with E-state index in [1.807, 2.05) is 0 Å². The summed E-state index contributed by atoms with van der Waals surface area (Å²) in [5.41, 5.74) is 2.44. The van der Waals surface area contributed by atoms with Crippen LogP contribution in [0.4, 0.5) is 0 Å². The number of benzene rings is 1. The summed E-state index contributed by atoms with van der Waals surface area (Å²) in [7, 11) is 0. The maximum absolute atomic E-state index is 10.9. The number of hydrogen-bond donors (Lipinski definition) is 0. The predicted molar refractivity (Wildman–Crippen MR) is 53.9 cm³/mol. The van der Waals surface area contributed by atoms with Gasteiger partial charge < -0.3 is 4.74 Å². The Morgan fingerprint density at radius 1 is 1.36 bits per heavy atom. The van der Waals surface area contributed by atoms with E-state index >= 15 is 0 Å². The summed E-state index contributed by atoms with van der Waals surface area (Å²) in [5, 5.41) is 0. The molecule has 0 aliphatic carbocycles. The van der Waals surface area contributed by atoms with Gasteiger partial charge in [0.1, 0.15) is 6.10 Å². The van der Waals surface area contributed by atoms with Crippen LogP contribution >= 0.6 is 0 Å². The molecule has 0 aromatic heterocycles. The Balaban J connectivity index is 2.13. The van der Waals surface area contributed by atoms with E-state index in [4.69, 9.17) is 4.74 Å². The number of cyclic esters (lactones) is 1. The highest BCUT2D eigenvalue weighted by Crippen LogP contribution is 2.29. The zero-order valence-corrected chi connectivity index (χ0v) is 8.32. The van der Waals surface area contributed by atoms with Gasteiger partial charge in [0.15, 0.2) is 0 Å². The topological polar surface area (TPSA) is 26.3 Å². The summed E-state index contributed by atoms with van der Waals surface area (Å²) >= 11 is 0. The summed E-state index contributed by atoms with van der Waals surface area (Å²) in [6, 6.07) is 8.31. The zero-order chi connectivity index (χ0) is 9.97. The lowest BCUT2D eigenvalue weighted by molar-refractivity contribution is -0.141. The minimum Gasteiger partial charge on any atom is -0.457 e. The maximum Gasteiger partial charge on any atom is 0.306 e. The van der Waals surface area contributed by atoms with E-state index in [-0.39, 0.29) is 12.1 Å². The molecule has 2 rings (SSSR count). The standard InChI is InChI=1S/C12H14O2/c1-2-9-3-5-10(6-4-9)11-7-8-12(13)14-11/h3-6,11H,2,7-8H2,1H3. The molecular formula is C12H14O2. The fourth-order valence-electron chi connectivity index (χ4n) is 1.73. The molecule has 0 bridgehead atoms. The van der Waals surface area contributed by atoms with Crippen molar-refractivity contribution in [2.45, 2.75) is 32.3 Å². The molecular weight excluding hydrogens is 176 g/mol. The Labute approximate surface area is 83.9 Å². The lowest BCUT2D eigenvalue weighted by Gasteiger charge is -2.09. The van der Waals surface area contributed by atoms with Crippen LogP contribution in [-0.2, 0) is 16.0 Å². The minimum atomic E-state index is -0.0745. The molecule has 1 aliphatic rings. The number of hydrogen-bond acceptors (Lipinski definition) is 2. The first-order valence-corrected chi connectivity index (χ1v) is 5.08. The lowest BCUT2D eigenvalue weighted by Crippen LogP contribution is -1.98. The molecule has 14 heavy (non-hydrogen) atoms. The third kappa shape index (κ3) is 1.79. The quantitative estimate of drug-likeness (QED) is 0.670. The Morgan fingerprint density at radius 3 is 2.57 bits per heavy atom. The first kappa shape index (κ1) is 9.25. The summed E-state index contributed by atoms with van der Waals surface area (Å²) < 4.78 is 5.18. The second kappa shape index (κ2) is 3.82. The van der Waals surface area contributed by atoms with Crippen LogP contribution in [0, 0.1) is 0 Å². The van der Waals surface area contributed by atoms with Crippen LogP contribution in [0.15, 0.2) is 24.3 Å². The molecule has 0 amide bonds. The molecule has 1 aliphatic heterocycles. The molecule has 1 aromatic carbocycles. The Bertz CT molecular complexity index is 327. The molecule has 2 heteroatoms. The second-order valence-electron chi connectivity index (χ2n) is 3.61. The first-order chi connectivity index (χ1) is 6.79. The molecule has 1 heterocycles. The average molecular weight is 190 g/mol. The van der Waals surface area contributed by atoms with E-state index < -0.39 is 0 Å². The van der Waals surface area contributed by atoms with Gasteiger partial charge in [-0.3, -0.25) is 4.79 Å². The van der Waals surface area contributed by atoms with Crippen LogP contribution in [0.1, 0.15) is 37.0 Å². The van der Waals surface area contributed by atoms with Gasteiger partial charge in [-0.2, -0.15) is 0 Å². The molecule has 2 nitrogen and oxygen atoms in total. The van der Waals surface area contributed by atoms with Crippen LogP contribution in [0.3, 0.4) is 0 Å². The second-order valence-corrected chi connectivity index (χ2v) is 3.61. The number of rotatable bonds is 2. The third-order valence-electron chi connectivity index (χ3n) is 2.64. The molecule has 74 valence electrons. The summed E-state index contributed by atoms with van der Waals surface area (Å²) in [5.74, 6) is -0.0745. The van der Waals surface area contributed by atoms with E-state index in [9.17, 15) is 4.79 Å². The van der Waals surface area contributed by atoms with E-state index in [2.05, 4.69) is 31.2 Å². The molecule has 1 fully saturated rings. The average Bonchev–Trinajstić information content (AvgIpc) is 2.65. The van der Waals surface area contributed by atoms with Gasteiger partial charge in [0.2, 0.25) is 0 Å². The maximum atomic E-state index is 10.9. The number of carbonyl (C=O) groups excluding carboxylic acids is 1. The summed E-state index contributed by atoms with van der Waals surface area (Å²) in [6.45, 7) is 2.13. The number of carbonyl (C=O) groups is 1. The number of ether oxygens (including phenoxy) is 1. The van der Waals surface area contributed by atoms with Crippen molar-refractivity contribution in [1.29, 1.82) is 0 Å². The van der Waals surface area contributed by atoms with Crippen molar-refractivity contribution in [3.8, 4) is 0 Å². The fourth-order valence-corrected chi connectivity index (χ4v) is 1.73. The van der Waals surface area contributed by atoms with Gasteiger partial charge in [-0.15, -0.1) is 0 Å². The summed E-state index contributed by atoms with van der Waals surface area (Å²) in [4.78, 5) is 10.9.